The molecule has 0 saturated heterocycles. The van der Waals surface area contributed by atoms with Gasteiger partial charge in [-0.3, -0.25) is 9.52 Å². The molecule has 0 radical (unpaired) electrons. The number of esters is 1. The molecule has 7 nitrogen and oxygen atoms in total. The Labute approximate surface area is 174 Å². The van der Waals surface area contributed by atoms with E-state index in [1.165, 1.54) is 43.5 Å². The number of carbonyl (C=O) groups is 2. The van der Waals surface area contributed by atoms with Gasteiger partial charge in [0.25, 0.3) is 0 Å². The van der Waals surface area contributed by atoms with Crippen molar-refractivity contribution in [3.8, 4) is 11.3 Å². The topological polar surface area (TPSA) is 103 Å². The van der Waals surface area contributed by atoms with E-state index in [1.807, 2.05) is 0 Å². The number of hydrogen-bond acceptors (Lipinski definition) is 6. The molecule has 1 heterocycles. The summed E-state index contributed by atoms with van der Waals surface area (Å²) >= 11 is 0. The van der Waals surface area contributed by atoms with Crippen molar-refractivity contribution < 1.29 is 27.2 Å². The van der Waals surface area contributed by atoms with Crippen LogP contribution in [-0.2, 0) is 14.8 Å². The minimum atomic E-state index is -3.38. The number of furan rings is 1. The van der Waals surface area contributed by atoms with E-state index in [0.717, 1.165) is 6.26 Å². The second kappa shape index (κ2) is 8.79. The molecule has 8 heteroatoms. The number of benzene rings is 2. The van der Waals surface area contributed by atoms with E-state index in [0.29, 0.717) is 33.9 Å². The van der Waals surface area contributed by atoms with Gasteiger partial charge < -0.3 is 9.15 Å². The molecule has 0 unspecified atom stereocenters. The van der Waals surface area contributed by atoms with Gasteiger partial charge in [-0.15, -0.1) is 0 Å². The van der Waals surface area contributed by atoms with Crippen LogP contribution in [0.1, 0.15) is 26.5 Å². The third kappa shape index (κ3) is 5.24. The summed E-state index contributed by atoms with van der Waals surface area (Å²) in [6.07, 6.45) is 3.93. The Bertz CT molecular complexity index is 1210. The van der Waals surface area contributed by atoms with E-state index in [1.54, 1.807) is 36.4 Å². The predicted molar refractivity (Wildman–Crippen MR) is 114 cm³/mol. The second-order valence-corrected chi connectivity index (χ2v) is 8.14. The van der Waals surface area contributed by atoms with E-state index in [4.69, 9.17) is 9.15 Å². The van der Waals surface area contributed by atoms with E-state index in [9.17, 15) is 18.0 Å². The molecule has 2 aromatic carbocycles. The average Bonchev–Trinajstić information content (AvgIpc) is 3.19. The number of methoxy groups -OCH3 is 1. The number of sulfonamides is 1. The molecular weight excluding hydrogens is 406 g/mol. The highest BCUT2D eigenvalue weighted by Gasteiger charge is 2.15. The van der Waals surface area contributed by atoms with Gasteiger partial charge in [-0.2, -0.15) is 0 Å². The molecule has 0 bridgehead atoms. The largest absolute Gasteiger partial charge is 0.465 e. The van der Waals surface area contributed by atoms with Crippen molar-refractivity contribution >= 4 is 33.5 Å². The Hall–Kier alpha value is -3.65. The summed E-state index contributed by atoms with van der Waals surface area (Å²) in [4.78, 5) is 24.3. The minimum absolute atomic E-state index is 0.270. The fourth-order valence-electron chi connectivity index (χ4n) is 2.74. The predicted octanol–water partition coefficient (Wildman–Crippen LogP) is 4.00. The first-order valence-corrected chi connectivity index (χ1v) is 10.7. The summed E-state index contributed by atoms with van der Waals surface area (Å²) < 4.78 is 35.3. The minimum Gasteiger partial charge on any atom is -0.465 e. The second-order valence-electron chi connectivity index (χ2n) is 6.39. The van der Waals surface area contributed by atoms with Gasteiger partial charge in [0.2, 0.25) is 10.0 Å². The third-order valence-electron chi connectivity index (χ3n) is 4.10. The van der Waals surface area contributed by atoms with Crippen LogP contribution < -0.4 is 4.72 Å². The van der Waals surface area contributed by atoms with Crippen molar-refractivity contribution in [2.24, 2.45) is 0 Å². The normalized spacial score (nSPS) is 11.4. The highest BCUT2D eigenvalue weighted by atomic mass is 32.2. The molecule has 0 aliphatic rings. The molecule has 30 heavy (non-hydrogen) atoms. The zero-order valence-corrected chi connectivity index (χ0v) is 17.1. The average molecular weight is 425 g/mol. The van der Waals surface area contributed by atoms with Gasteiger partial charge in [-0.1, -0.05) is 18.2 Å². The van der Waals surface area contributed by atoms with Gasteiger partial charge in [-0.25, -0.2) is 13.2 Å². The number of nitrogens with one attached hydrogen (secondary N) is 1. The first-order valence-electron chi connectivity index (χ1n) is 8.84. The highest BCUT2D eigenvalue weighted by molar-refractivity contribution is 7.92. The molecule has 0 fully saturated rings. The van der Waals surface area contributed by atoms with Crippen LogP contribution in [0, 0.1) is 0 Å². The molecule has 1 N–H and O–H groups in total. The van der Waals surface area contributed by atoms with Crippen LogP contribution >= 0.6 is 0 Å². The maximum Gasteiger partial charge on any atom is 0.338 e. The number of rotatable bonds is 7. The Morgan fingerprint density at radius 3 is 2.37 bits per heavy atom. The van der Waals surface area contributed by atoms with E-state index < -0.39 is 16.0 Å². The van der Waals surface area contributed by atoms with Crippen molar-refractivity contribution in [2.45, 2.75) is 0 Å². The van der Waals surface area contributed by atoms with Gasteiger partial charge in [0.05, 0.1) is 18.9 Å². The first-order chi connectivity index (χ1) is 14.3. The van der Waals surface area contributed by atoms with Crippen molar-refractivity contribution in [3.63, 3.8) is 0 Å². The summed E-state index contributed by atoms with van der Waals surface area (Å²) in [7, 11) is -2.07. The quantitative estimate of drug-likeness (QED) is 0.349. The van der Waals surface area contributed by atoms with Gasteiger partial charge >= 0.3 is 5.97 Å². The third-order valence-corrected chi connectivity index (χ3v) is 4.70. The summed E-state index contributed by atoms with van der Waals surface area (Å²) in [5.74, 6) is 0.171. The smallest absolute Gasteiger partial charge is 0.338 e. The number of hydrogen-bond donors (Lipinski definition) is 1. The van der Waals surface area contributed by atoms with Crippen LogP contribution in [0.4, 0.5) is 5.69 Å². The number of ether oxygens (including phenoxy) is 1. The molecule has 0 aliphatic heterocycles. The van der Waals surface area contributed by atoms with Crippen LogP contribution in [0.15, 0.2) is 71.2 Å². The molecule has 0 spiro atoms. The zero-order valence-electron chi connectivity index (χ0n) is 16.3. The molecule has 0 atom stereocenters. The first kappa shape index (κ1) is 21.1. The molecule has 3 rings (SSSR count). The summed E-state index contributed by atoms with van der Waals surface area (Å²) in [5, 5.41) is 0. The lowest BCUT2D eigenvalue weighted by Gasteiger charge is -2.04. The highest BCUT2D eigenvalue weighted by Crippen LogP contribution is 2.27. The van der Waals surface area contributed by atoms with Crippen LogP contribution in [0.5, 0.6) is 0 Å². The molecule has 0 aliphatic carbocycles. The monoisotopic (exact) mass is 425 g/mol. The van der Waals surface area contributed by atoms with Crippen LogP contribution in [-0.4, -0.2) is 33.5 Å². The van der Waals surface area contributed by atoms with Gasteiger partial charge in [0, 0.05) is 16.8 Å². The van der Waals surface area contributed by atoms with Crippen molar-refractivity contribution in [3.05, 3.63) is 83.6 Å². The maximum absolute atomic E-state index is 12.3. The van der Waals surface area contributed by atoms with Crippen LogP contribution in [0.25, 0.3) is 17.4 Å². The Morgan fingerprint density at radius 1 is 1.00 bits per heavy atom. The Kier molecular flexibility index (Phi) is 6.17. The van der Waals surface area contributed by atoms with Gasteiger partial charge in [-0.05, 0) is 54.6 Å². The Morgan fingerprint density at radius 2 is 1.70 bits per heavy atom. The number of allylic oxidation sites excluding steroid dienone is 1. The number of anilines is 1. The summed E-state index contributed by atoms with van der Waals surface area (Å²) in [5.41, 5.74) is 1.74. The molecule has 1 aromatic heterocycles. The molecule has 0 saturated carbocycles. The number of ketones is 1. The molecule has 0 amide bonds. The van der Waals surface area contributed by atoms with Crippen molar-refractivity contribution in [2.75, 3.05) is 18.1 Å². The number of carbonyl (C=O) groups excluding carboxylic acids is 2. The van der Waals surface area contributed by atoms with E-state index in [-0.39, 0.29) is 5.78 Å². The lowest BCUT2D eigenvalue weighted by atomic mass is 10.1. The van der Waals surface area contributed by atoms with E-state index in [2.05, 4.69) is 4.72 Å². The summed E-state index contributed by atoms with van der Waals surface area (Å²) in [6.45, 7) is 0. The fourth-order valence-corrected chi connectivity index (χ4v) is 3.31. The maximum atomic E-state index is 12.3. The lowest BCUT2D eigenvalue weighted by molar-refractivity contribution is 0.0601. The zero-order chi connectivity index (χ0) is 21.7. The van der Waals surface area contributed by atoms with Crippen molar-refractivity contribution in [1.29, 1.82) is 0 Å². The molecule has 3 aromatic rings. The van der Waals surface area contributed by atoms with Crippen LogP contribution in [0.3, 0.4) is 0 Å². The van der Waals surface area contributed by atoms with E-state index >= 15 is 0 Å². The van der Waals surface area contributed by atoms with Crippen molar-refractivity contribution in [1.82, 2.24) is 0 Å². The molecule has 154 valence electrons. The fraction of sp³-hybridized carbons (Fsp3) is 0.0909. The Balaban J connectivity index is 1.75. The van der Waals surface area contributed by atoms with Gasteiger partial charge in [0.1, 0.15) is 11.5 Å². The standard InChI is InChI=1S/C22H19NO6S/c1-28-22(25)19-6-4-3-5-18(19)21-14-12-17(29-21)11-13-20(24)15-7-9-16(10-8-15)23-30(2,26)27/h3-14,23H,1-2H3/b13-11+. The van der Waals surface area contributed by atoms with Crippen LogP contribution in [0.2, 0.25) is 0 Å². The SMILES string of the molecule is COC(=O)c1ccccc1-c1ccc(/C=C/C(=O)c2ccc(NS(C)(=O)=O)cc2)o1. The lowest BCUT2D eigenvalue weighted by Crippen LogP contribution is -2.09. The van der Waals surface area contributed by atoms with Gasteiger partial charge in [0.15, 0.2) is 5.78 Å². The molecular formula is C22H19NO6S. The summed E-state index contributed by atoms with van der Waals surface area (Å²) in [6, 6.07) is 16.4.